The number of rotatable bonds is 3. The molecule has 1 heteroatoms. The fraction of sp³-hybridized carbons (Fsp3) is 0.571. The predicted molar refractivity (Wildman–Crippen MR) is 65.4 cm³/mol. The lowest BCUT2D eigenvalue weighted by Crippen LogP contribution is -2.16. The van der Waals surface area contributed by atoms with E-state index in [1.54, 1.807) is 11.1 Å². The van der Waals surface area contributed by atoms with Crippen LogP contribution >= 0.6 is 0 Å². The highest BCUT2D eigenvalue weighted by atomic mass is 14.8. The van der Waals surface area contributed by atoms with Crippen molar-refractivity contribution in [3.05, 3.63) is 34.9 Å². The topological polar surface area (TPSA) is 12.0 Å². The lowest BCUT2D eigenvalue weighted by molar-refractivity contribution is 0.509. The largest absolute Gasteiger partial charge is 0.320 e. The molecule has 1 unspecified atom stereocenters. The van der Waals surface area contributed by atoms with Crippen LogP contribution in [0.5, 0.6) is 0 Å². The van der Waals surface area contributed by atoms with Crippen LogP contribution in [0.15, 0.2) is 18.2 Å². The third-order valence-electron chi connectivity index (χ3n) is 3.48. The first-order valence-electron chi connectivity index (χ1n) is 6.05. The predicted octanol–water partition coefficient (Wildman–Crippen LogP) is 3.02. The Morgan fingerprint density at radius 2 is 2.27 bits per heavy atom. The quantitative estimate of drug-likeness (QED) is 0.796. The average Bonchev–Trinajstić information content (AvgIpc) is 2.26. The van der Waals surface area contributed by atoms with Crippen molar-refractivity contribution >= 4 is 0 Å². The summed E-state index contributed by atoms with van der Waals surface area (Å²) in [6.45, 7) is 3.34. The van der Waals surface area contributed by atoms with Gasteiger partial charge in [0.05, 0.1) is 0 Å². The van der Waals surface area contributed by atoms with E-state index in [0.717, 1.165) is 12.5 Å². The molecule has 0 spiro atoms. The summed E-state index contributed by atoms with van der Waals surface area (Å²) in [4.78, 5) is 0. The van der Waals surface area contributed by atoms with Gasteiger partial charge in [-0.05, 0) is 63.2 Å². The van der Waals surface area contributed by atoms with Crippen molar-refractivity contribution in [2.45, 2.75) is 38.5 Å². The van der Waals surface area contributed by atoms with E-state index in [2.05, 4.69) is 30.4 Å². The van der Waals surface area contributed by atoms with Gasteiger partial charge in [-0.25, -0.2) is 0 Å². The SMILES string of the molecule is CNCCC1CCCc2ccc(C)cc21. The van der Waals surface area contributed by atoms with Crippen LogP contribution in [-0.2, 0) is 6.42 Å². The normalized spacial score (nSPS) is 20.0. The first-order chi connectivity index (χ1) is 7.31. The Morgan fingerprint density at radius 3 is 3.07 bits per heavy atom. The smallest absolute Gasteiger partial charge is 0.00461 e. The van der Waals surface area contributed by atoms with Crippen molar-refractivity contribution in [2.24, 2.45) is 0 Å². The highest BCUT2D eigenvalue weighted by molar-refractivity contribution is 5.36. The Labute approximate surface area is 92.9 Å². The number of hydrogen-bond acceptors (Lipinski definition) is 1. The second kappa shape index (κ2) is 4.80. The van der Waals surface area contributed by atoms with E-state index in [0.29, 0.717) is 0 Å². The van der Waals surface area contributed by atoms with Gasteiger partial charge >= 0.3 is 0 Å². The summed E-state index contributed by atoms with van der Waals surface area (Å²) < 4.78 is 0. The maximum absolute atomic E-state index is 3.26. The first kappa shape index (κ1) is 10.7. The van der Waals surface area contributed by atoms with E-state index in [9.17, 15) is 0 Å². The van der Waals surface area contributed by atoms with Crippen molar-refractivity contribution in [1.29, 1.82) is 0 Å². The summed E-state index contributed by atoms with van der Waals surface area (Å²) in [5.74, 6) is 0.793. The minimum atomic E-state index is 0.793. The van der Waals surface area contributed by atoms with Gasteiger partial charge in [-0.1, -0.05) is 23.8 Å². The van der Waals surface area contributed by atoms with Gasteiger partial charge < -0.3 is 5.32 Å². The highest BCUT2D eigenvalue weighted by Crippen LogP contribution is 2.34. The van der Waals surface area contributed by atoms with Crippen LogP contribution < -0.4 is 5.32 Å². The zero-order valence-electron chi connectivity index (χ0n) is 9.84. The van der Waals surface area contributed by atoms with Crippen LogP contribution in [0.25, 0.3) is 0 Å². The van der Waals surface area contributed by atoms with Gasteiger partial charge in [0.1, 0.15) is 0 Å². The second-order valence-corrected chi connectivity index (χ2v) is 4.68. The minimum Gasteiger partial charge on any atom is -0.320 e. The molecule has 1 aromatic carbocycles. The molecule has 1 aromatic rings. The number of hydrogen-bond donors (Lipinski definition) is 1. The number of aryl methyl sites for hydroxylation is 2. The van der Waals surface area contributed by atoms with E-state index in [4.69, 9.17) is 0 Å². The van der Waals surface area contributed by atoms with Crippen molar-refractivity contribution in [3.63, 3.8) is 0 Å². The zero-order chi connectivity index (χ0) is 10.7. The molecule has 0 radical (unpaired) electrons. The van der Waals surface area contributed by atoms with E-state index in [-0.39, 0.29) is 0 Å². The summed E-state index contributed by atoms with van der Waals surface area (Å²) >= 11 is 0. The molecular formula is C14H21N. The zero-order valence-corrected chi connectivity index (χ0v) is 9.84. The van der Waals surface area contributed by atoms with E-state index in [1.807, 2.05) is 7.05 Å². The molecule has 1 aliphatic carbocycles. The standard InChI is InChI=1S/C14H21N/c1-11-6-7-12-4-3-5-13(8-9-15-2)14(12)10-11/h6-7,10,13,15H,3-5,8-9H2,1-2H3. The Morgan fingerprint density at radius 1 is 1.40 bits per heavy atom. The molecule has 82 valence electrons. The van der Waals surface area contributed by atoms with Crippen LogP contribution in [0.2, 0.25) is 0 Å². The summed E-state index contributed by atoms with van der Waals surface area (Å²) in [6, 6.07) is 6.98. The molecule has 1 nitrogen and oxygen atoms in total. The van der Waals surface area contributed by atoms with Crippen molar-refractivity contribution in [3.8, 4) is 0 Å². The number of fused-ring (bicyclic) bond motifs is 1. The van der Waals surface area contributed by atoms with Gasteiger partial charge in [0.15, 0.2) is 0 Å². The maximum Gasteiger partial charge on any atom is -0.00461 e. The molecule has 15 heavy (non-hydrogen) atoms. The summed E-state index contributed by atoms with van der Waals surface area (Å²) in [5.41, 5.74) is 4.62. The Kier molecular flexibility index (Phi) is 3.42. The second-order valence-electron chi connectivity index (χ2n) is 4.68. The molecule has 1 atom stereocenters. The summed E-state index contributed by atoms with van der Waals surface area (Å²) in [5, 5.41) is 3.26. The fourth-order valence-corrected chi connectivity index (χ4v) is 2.63. The number of benzene rings is 1. The molecule has 2 rings (SSSR count). The van der Waals surface area contributed by atoms with Crippen molar-refractivity contribution in [1.82, 2.24) is 5.32 Å². The number of nitrogens with one attached hydrogen (secondary N) is 1. The van der Waals surface area contributed by atoms with Gasteiger partial charge in [-0.15, -0.1) is 0 Å². The van der Waals surface area contributed by atoms with Gasteiger partial charge in [0.25, 0.3) is 0 Å². The monoisotopic (exact) mass is 203 g/mol. The molecule has 0 saturated heterocycles. The highest BCUT2D eigenvalue weighted by Gasteiger charge is 2.19. The molecule has 0 fully saturated rings. The molecule has 1 N–H and O–H groups in total. The summed E-state index contributed by atoms with van der Waals surface area (Å²) in [6.07, 6.45) is 5.31. The Bertz CT molecular complexity index is 330. The van der Waals surface area contributed by atoms with E-state index >= 15 is 0 Å². The van der Waals surface area contributed by atoms with Crippen molar-refractivity contribution < 1.29 is 0 Å². The fourth-order valence-electron chi connectivity index (χ4n) is 2.63. The van der Waals surface area contributed by atoms with Crippen LogP contribution in [-0.4, -0.2) is 13.6 Å². The van der Waals surface area contributed by atoms with Crippen LogP contribution in [0, 0.1) is 6.92 Å². The van der Waals surface area contributed by atoms with E-state index < -0.39 is 0 Å². The lowest BCUT2D eigenvalue weighted by atomic mass is 9.80. The molecule has 0 saturated carbocycles. The Hall–Kier alpha value is -0.820. The molecule has 0 bridgehead atoms. The van der Waals surface area contributed by atoms with Crippen LogP contribution in [0.3, 0.4) is 0 Å². The maximum atomic E-state index is 3.26. The summed E-state index contributed by atoms with van der Waals surface area (Å²) in [7, 11) is 2.04. The van der Waals surface area contributed by atoms with Gasteiger partial charge in [-0.2, -0.15) is 0 Å². The van der Waals surface area contributed by atoms with Gasteiger partial charge in [-0.3, -0.25) is 0 Å². The molecule has 0 amide bonds. The minimum absolute atomic E-state index is 0.793. The van der Waals surface area contributed by atoms with E-state index in [1.165, 1.54) is 31.2 Å². The third-order valence-corrected chi connectivity index (χ3v) is 3.48. The van der Waals surface area contributed by atoms with Gasteiger partial charge in [0.2, 0.25) is 0 Å². The van der Waals surface area contributed by atoms with Gasteiger partial charge in [0, 0.05) is 0 Å². The van der Waals surface area contributed by atoms with Crippen molar-refractivity contribution in [2.75, 3.05) is 13.6 Å². The van der Waals surface area contributed by atoms with Crippen LogP contribution in [0.1, 0.15) is 41.9 Å². The molecule has 0 aromatic heterocycles. The first-order valence-corrected chi connectivity index (χ1v) is 6.05. The molecule has 1 aliphatic rings. The average molecular weight is 203 g/mol. The molecule has 0 heterocycles. The lowest BCUT2D eigenvalue weighted by Gasteiger charge is -2.26. The molecule has 0 aliphatic heterocycles. The van der Waals surface area contributed by atoms with Crippen LogP contribution in [0.4, 0.5) is 0 Å². The Balaban J connectivity index is 2.20. The third kappa shape index (κ3) is 2.40. The molecular weight excluding hydrogens is 182 g/mol.